The Morgan fingerprint density at radius 3 is 2.59 bits per heavy atom. The fraction of sp³-hybridized carbons (Fsp3) is 0.450. The Bertz CT molecular complexity index is 1010. The van der Waals surface area contributed by atoms with Gasteiger partial charge < -0.3 is 15.2 Å². The maximum atomic E-state index is 10.4. The quantitative estimate of drug-likeness (QED) is 0.694. The van der Waals surface area contributed by atoms with Crippen molar-refractivity contribution >= 4 is 0 Å². The van der Waals surface area contributed by atoms with E-state index < -0.39 is 0 Å². The second kappa shape index (κ2) is 6.48. The highest BCUT2D eigenvalue weighted by Crippen LogP contribution is 2.43. The fourth-order valence-electron chi connectivity index (χ4n) is 4.66. The lowest BCUT2D eigenvalue weighted by atomic mass is 9.86. The van der Waals surface area contributed by atoms with Crippen LogP contribution in [0, 0.1) is 0 Å². The monoisotopic (exact) mass is 393 g/mol. The smallest absolute Gasteiger partial charge is 0.233 e. The molecule has 0 amide bonds. The molecule has 9 heteroatoms. The van der Waals surface area contributed by atoms with E-state index in [1.54, 1.807) is 36.8 Å². The van der Waals surface area contributed by atoms with E-state index in [0.717, 1.165) is 12.8 Å². The standard InChI is InChI=1S/C20H23N7O2/c1-19-5-6-20(2,25-19)11-14(10-19)29-17-4-3-15(23-24-17)18-16(28)9-13(12-21-18)27-8-7-22-26-27/h3-4,7-9,12,14,25,28H,5-6,10-11H2,1-2H3/t19-,20-/m0/s1. The summed E-state index contributed by atoms with van der Waals surface area (Å²) in [4.78, 5) is 4.31. The van der Waals surface area contributed by atoms with Crippen molar-refractivity contribution in [3.05, 3.63) is 36.8 Å². The summed E-state index contributed by atoms with van der Waals surface area (Å²) in [5, 5.41) is 30.2. The first kappa shape index (κ1) is 18.0. The Balaban J connectivity index is 1.32. The fourth-order valence-corrected chi connectivity index (χ4v) is 4.66. The van der Waals surface area contributed by atoms with Crippen LogP contribution in [0.2, 0.25) is 0 Å². The van der Waals surface area contributed by atoms with E-state index in [9.17, 15) is 5.11 Å². The van der Waals surface area contributed by atoms with Crippen molar-refractivity contribution in [3.8, 4) is 28.7 Å². The molecule has 0 aliphatic carbocycles. The van der Waals surface area contributed by atoms with Gasteiger partial charge in [-0.05, 0) is 32.8 Å². The van der Waals surface area contributed by atoms with E-state index in [4.69, 9.17) is 4.74 Å². The van der Waals surface area contributed by atoms with Crippen LogP contribution < -0.4 is 10.1 Å². The third-order valence-electron chi connectivity index (χ3n) is 5.90. The number of nitrogens with one attached hydrogen (secondary N) is 1. The number of hydrogen-bond donors (Lipinski definition) is 2. The van der Waals surface area contributed by atoms with Gasteiger partial charge in [0, 0.05) is 36.1 Å². The first-order chi connectivity index (χ1) is 13.9. The van der Waals surface area contributed by atoms with E-state index in [1.165, 1.54) is 17.5 Å². The summed E-state index contributed by atoms with van der Waals surface area (Å²) in [6.45, 7) is 4.53. The number of ether oxygens (including phenoxy) is 1. The van der Waals surface area contributed by atoms with Crippen LogP contribution in [-0.4, -0.2) is 52.5 Å². The number of rotatable bonds is 4. The predicted octanol–water partition coefficient (Wildman–Crippen LogP) is 2.27. The molecular weight excluding hydrogens is 370 g/mol. The summed E-state index contributed by atoms with van der Waals surface area (Å²) in [6, 6.07) is 5.11. The largest absolute Gasteiger partial charge is 0.506 e. The van der Waals surface area contributed by atoms with Crippen molar-refractivity contribution in [1.29, 1.82) is 0 Å². The van der Waals surface area contributed by atoms with E-state index >= 15 is 0 Å². The maximum Gasteiger partial charge on any atom is 0.233 e. The van der Waals surface area contributed by atoms with Crippen LogP contribution in [0.4, 0.5) is 0 Å². The molecule has 3 aromatic heterocycles. The van der Waals surface area contributed by atoms with Crippen molar-refractivity contribution in [2.45, 2.75) is 56.7 Å². The molecule has 2 aliphatic rings. The van der Waals surface area contributed by atoms with Gasteiger partial charge in [0.1, 0.15) is 23.2 Å². The van der Waals surface area contributed by atoms with Crippen LogP contribution >= 0.6 is 0 Å². The molecule has 0 radical (unpaired) electrons. The Labute approximate surface area is 168 Å². The van der Waals surface area contributed by atoms with E-state index in [2.05, 4.69) is 44.7 Å². The van der Waals surface area contributed by atoms with Gasteiger partial charge in [-0.1, -0.05) is 5.21 Å². The van der Waals surface area contributed by atoms with Crippen LogP contribution in [0.25, 0.3) is 17.1 Å². The number of nitrogens with zero attached hydrogens (tertiary/aromatic N) is 6. The third kappa shape index (κ3) is 3.42. The topological polar surface area (TPSA) is 111 Å². The number of piperidine rings is 1. The Hall–Kier alpha value is -3.07. The lowest BCUT2D eigenvalue weighted by molar-refractivity contribution is 0.0754. The molecule has 0 saturated carbocycles. The van der Waals surface area contributed by atoms with E-state index in [1.807, 2.05) is 0 Å². The van der Waals surface area contributed by atoms with Gasteiger partial charge in [-0.2, -0.15) is 0 Å². The van der Waals surface area contributed by atoms with Crippen LogP contribution in [-0.2, 0) is 0 Å². The summed E-state index contributed by atoms with van der Waals surface area (Å²) in [5.74, 6) is 0.489. The lowest BCUT2D eigenvalue weighted by Gasteiger charge is -2.41. The molecule has 9 nitrogen and oxygen atoms in total. The van der Waals surface area contributed by atoms with Crippen LogP contribution in [0.3, 0.4) is 0 Å². The number of fused-ring (bicyclic) bond motifs is 2. The van der Waals surface area contributed by atoms with Crippen molar-refractivity contribution in [1.82, 2.24) is 35.5 Å². The number of hydrogen-bond acceptors (Lipinski definition) is 8. The van der Waals surface area contributed by atoms with E-state index in [-0.39, 0.29) is 22.9 Å². The van der Waals surface area contributed by atoms with Crippen molar-refractivity contribution in [3.63, 3.8) is 0 Å². The summed E-state index contributed by atoms with van der Waals surface area (Å²) in [5.41, 5.74) is 1.70. The number of aromatic nitrogens is 6. The summed E-state index contributed by atoms with van der Waals surface area (Å²) < 4.78 is 7.66. The third-order valence-corrected chi connectivity index (χ3v) is 5.90. The van der Waals surface area contributed by atoms with Gasteiger partial charge in [-0.15, -0.1) is 15.3 Å². The first-order valence-electron chi connectivity index (χ1n) is 9.77. The van der Waals surface area contributed by atoms with Crippen molar-refractivity contribution < 1.29 is 9.84 Å². The Kier molecular flexibility index (Phi) is 4.02. The first-order valence-corrected chi connectivity index (χ1v) is 9.77. The van der Waals surface area contributed by atoms with Crippen LogP contribution in [0.5, 0.6) is 11.6 Å². The summed E-state index contributed by atoms with van der Waals surface area (Å²) in [6.07, 6.45) is 9.20. The number of aromatic hydroxyl groups is 1. The zero-order valence-corrected chi connectivity index (χ0v) is 16.4. The zero-order valence-electron chi connectivity index (χ0n) is 16.4. The molecule has 150 valence electrons. The van der Waals surface area contributed by atoms with Gasteiger partial charge in [0.15, 0.2) is 0 Å². The number of pyridine rings is 1. The molecule has 0 aromatic carbocycles. The average molecular weight is 393 g/mol. The Morgan fingerprint density at radius 2 is 1.97 bits per heavy atom. The van der Waals surface area contributed by atoms with Crippen molar-refractivity contribution in [2.75, 3.05) is 0 Å². The zero-order chi connectivity index (χ0) is 20.1. The van der Waals surface area contributed by atoms with Gasteiger partial charge in [0.05, 0.1) is 24.3 Å². The van der Waals surface area contributed by atoms with E-state index in [0.29, 0.717) is 23.0 Å². The normalized spacial score (nSPS) is 28.4. The molecule has 29 heavy (non-hydrogen) atoms. The summed E-state index contributed by atoms with van der Waals surface area (Å²) >= 11 is 0. The minimum Gasteiger partial charge on any atom is -0.506 e. The van der Waals surface area contributed by atoms with Gasteiger partial charge in [0.25, 0.3) is 0 Å². The highest BCUT2D eigenvalue weighted by molar-refractivity contribution is 5.63. The van der Waals surface area contributed by atoms with Gasteiger partial charge in [-0.3, -0.25) is 0 Å². The second-order valence-corrected chi connectivity index (χ2v) is 8.56. The van der Waals surface area contributed by atoms with Gasteiger partial charge in [0.2, 0.25) is 5.88 Å². The van der Waals surface area contributed by atoms with Crippen molar-refractivity contribution in [2.24, 2.45) is 0 Å². The predicted molar refractivity (Wildman–Crippen MR) is 105 cm³/mol. The molecule has 0 unspecified atom stereocenters. The lowest BCUT2D eigenvalue weighted by Crippen LogP contribution is -2.56. The molecule has 2 saturated heterocycles. The molecule has 5 rings (SSSR count). The molecule has 2 bridgehead atoms. The molecule has 0 spiro atoms. The van der Waals surface area contributed by atoms with Crippen LogP contribution in [0.15, 0.2) is 36.8 Å². The molecule has 2 N–H and O–H groups in total. The molecule has 2 fully saturated rings. The van der Waals surface area contributed by atoms with Gasteiger partial charge >= 0.3 is 0 Å². The minimum atomic E-state index is -0.00301. The molecule has 2 atom stereocenters. The van der Waals surface area contributed by atoms with Gasteiger partial charge in [-0.25, -0.2) is 9.67 Å². The minimum absolute atomic E-state index is 0.00301. The summed E-state index contributed by atoms with van der Waals surface area (Å²) in [7, 11) is 0. The maximum absolute atomic E-state index is 10.4. The molecular formula is C20H23N7O2. The van der Waals surface area contributed by atoms with Crippen LogP contribution in [0.1, 0.15) is 39.5 Å². The molecule has 2 aliphatic heterocycles. The highest BCUT2D eigenvalue weighted by Gasteiger charge is 2.49. The molecule has 5 heterocycles. The highest BCUT2D eigenvalue weighted by atomic mass is 16.5. The second-order valence-electron chi connectivity index (χ2n) is 8.56. The molecule has 3 aromatic rings. The Morgan fingerprint density at radius 1 is 1.17 bits per heavy atom. The average Bonchev–Trinajstić information content (AvgIpc) is 3.28. The SMILES string of the molecule is C[C@]12CC[C@@](C)(CC(Oc3ccc(-c4ncc(-n5ccnn5)cc4O)nn3)C1)N2.